The first kappa shape index (κ1) is 13.0. The second-order valence-electron chi connectivity index (χ2n) is 3.28. The lowest BCUT2D eigenvalue weighted by atomic mass is 10.2. The third kappa shape index (κ3) is 2.93. The molecule has 92 valence electrons. The van der Waals surface area contributed by atoms with Gasteiger partial charge >= 0.3 is 11.8 Å². The fourth-order valence-electron chi connectivity index (χ4n) is 1.25. The zero-order valence-corrected chi connectivity index (χ0v) is 9.57. The van der Waals surface area contributed by atoms with E-state index in [0.29, 0.717) is 6.61 Å². The van der Waals surface area contributed by atoms with Gasteiger partial charge in [-0.25, -0.2) is 4.39 Å². The maximum Gasteiger partial charge on any atom is 0.315 e. The molecular weight excluding hydrogens is 227 g/mol. The second kappa shape index (κ2) is 5.29. The minimum Gasteiger partial charge on any atom is -0.491 e. The molecule has 0 atom stereocenters. The fraction of sp³-hybridized carbons (Fsp3) is 0.273. The SMILES string of the molecule is CCOc1ccc(N(C)C(=O)C(N)=O)cc1F. The van der Waals surface area contributed by atoms with Crippen LogP contribution in [0.15, 0.2) is 18.2 Å². The van der Waals surface area contributed by atoms with Gasteiger partial charge in [0.25, 0.3) is 0 Å². The molecule has 0 saturated carbocycles. The summed E-state index contributed by atoms with van der Waals surface area (Å²) in [4.78, 5) is 22.9. The molecule has 0 radical (unpaired) electrons. The van der Waals surface area contributed by atoms with Gasteiger partial charge in [-0.3, -0.25) is 9.59 Å². The van der Waals surface area contributed by atoms with Crippen LogP contribution in [0.3, 0.4) is 0 Å². The van der Waals surface area contributed by atoms with Gasteiger partial charge in [-0.15, -0.1) is 0 Å². The molecule has 1 rings (SSSR count). The van der Waals surface area contributed by atoms with Crippen LogP contribution in [-0.2, 0) is 9.59 Å². The van der Waals surface area contributed by atoms with E-state index in [1.54, 1.807) is 6.92 Å². The molecule has 2 N–H and O–H groups in total. The van der Waals surface area contributed by atoms with Crippen LogP contribution >= 0.6 is 0 Å². The molecule has 1 aromatic carbocycles. The fourth-order valence-corrected chi connectivity index (χ4v) is 1.25. The van der Waals surface area contributed by atoms with E-state index in [-0.39, 0.29) is 11.4 Å². The van der Waals surface area contributed by atoms with Crippen molar-refractivity contribution in [3.05, 3.63) is 24.0 Å². The van der Waals surface area contributed by atoms with E-state index in [1.807, 2.05) is 0 Å². The monoisotopic (exact) mass is 240 g/mol. The van der Waals surface area contributed by atoms with E-state index in [9.17, 15) is 14.0 Å². The Labute approximate surface area is 98.0 Å². The number of nitrogens with two attached hydrogens (primary N) is 1. The van der Waals surface area contributed by atoms with E-state index < -0.39 is 17.6 Å². The molecule has 0 aliphatic heterocycles. The quantitative estimate of drug-likeness (QED) is 0.789. The summed E-state index contributed by atoms with van der Waals surface area (Å²) in [5, 5.41) is 0. The summed E-state index contributed by atoms with van der Waals surface area (Å²) in [6, 6.07) is 3.96. The van der Waals surface area contributed by atoms with Crippen LogP contribution in [0.4, 0.5) is 10.1 Å². The van der Waals surface area contributed by atoms with Crippen molar-refractivity contribution in [1.82, 2.24) is 0 Å². The first-order valence-electron chi connectivity index (χ1n) is 4.97. The molecule has 0 fully saturated rings. The van der Waals surface area contributed by atoms with Crippen molar-refractivity contribution in [2.75, 3.05) is 18.6 Å². The minimum absolute atomic E-state index is 0.0937. The van der Waals surface area contributed by atoms with Crippen molar-refractivity contribution >= 4 is 17.5 Å². The van der Waals surface area contributed by atoms with Crippen molar-refractivity contribution in [1.29, 1.82) is 0 Å². The molecule has 6 heteroatoms. The predicted molar refractivity (Wildman–Crippen MR) is 60.2 cm³/mol. The Morgan fingerprint density at radius 2 is 2.12 bits per heavy atom. The number of primary amides is 1. The summed E-state index contributed by atoms with van der Waals surface area (Å²) in [6.45, 7) is 2.07. The van der Waals surface area contributed by atoms with Gasteiger partial charge in [0.1, 0.15) is 0 Å². The normalized spacial score (nSPS) is 9.82. The van der Waals surface area contributed by atoms with Crippen molar-refractivity contribution in [2.24, 2.45) is 5.73 Å². The van der Waals surface area contributed by atoms with Crippen LogP contribution < -0.4 is 15.4 Å². The average Bonchev–Trinajstić information content (AvgIpc) is 2.30. The number of carbonyl (C=O) groups excluding carboxylic acids is 2. The summed E-state index contributed by atoms with van der Waals surface area (Å²) in [5.41, 5.74) is 5.07. The molecule has 0 bridgehead atoms. The Morgan fingerprint density at radius 3 is 2.59 bits per heavy atom. The zero-order chi connectivity index (χ0) is 13.0. The molecule has 0 aliphatic carbocycles. The highest BCUT2D eigenvalue weighted by Crippen LogP contribution is 2.23. The number of hydrogen-bond donors (Lipinski definition) is 1. The lowest BCUT2D eigenvalue weighted by molar-refractivity contribution is -0.135. The molecule has 0 spiro atoms. The number of benzene rings is 1. The van der Waals surface area contributed by atoms with Crippen molar-refractivity contribution in [3.8, 4) is 5.75 Å². The van der Waals surface area contributed by atoms with Gasteiger partial charge < -0.3 is 15.4 Å². The third-order valence-electron chi connectivity index (χ3n) is 2.12. The summed E-state index contributed by atoms with van der Waals surface area (Å²) in [5.74, 6) is -2.51. The standard InChI is InChI=1S/C11H13FN2O3/c1-3-17-9-5-4-7(6-8(9)12)14(2)11(16)10(13)15/h4-6H,3H2,1-2H3,(H2,13,15). The van der Waals surface area contributed by atoms with Gasteiger partial charge in [0.15, 0.2) is 11.6 Å². The van der Waals surface area contributed by atoms with Crippen molar-refractivity contribution in [2.45, 2.75) is 6.92 Å². The van der Waals surface area contributed by atoms with Crippen molar-refractivity contribution in [3.63, 3.8) is 0 Å². The highest BCUT2D eigenvalue weighted by atomic mass is 19.1. The maximum atomic E-state index is 13.5. The molecule has 17 heavy (non-hydrogen) atoms. The van der Waals surface area contributed by atoms with Crippen LogP contribution in [0, 0.1) is 5.82 Å². The van der Waals surface area contributed by atoms with Gasteiger partial charge in [0.2, 0.25) is 0 Å². The smallest absolute Gasteiger partial charge is 0.315 e. The highest BCUT2D eigenvalue weighted by molar-refractivity contribution is 6.39. The Kier molecular flexibility index (Phi) is 4.03. The van der Waals surface area contributed by atoms with Crippen LogP contribution in [0.5, 0.6) is 5.75 Å². The summed E-state index contributed by atoms with van der Waals surface area (Å²) in [7, 11) is 1.34. The lowest BCUT2D eigenvalue weighted by Gasteiger charge is -2.16. The van der Waals surface area contributed by atoms with E-state index in [2.05, 4.69) is 0 Å². The number of hydrogen-bond acceptors (Lipinski definition) is 3. The first-order valence-corrected chi connectivity index (χ1v) is 4.97. The molecule has 0 saturated heterocycles. The van der Waals surface area contributed by atoms with Gasteiger partial charge in [-0.1, -0.05) is 0 Å². The summed E-state index contributed by atoms with van der Waals surface area (Å²) < 4.78 is 18.5. The molecule has 5 nitrogen and oxygen atoms in total. The van der Waals surface area contributed by atoms with E-state index in [1.165, 1.54) is 19.2 Å². The number of rotatable bonds is 3. The zero-order valence-electron chi connectivity index (χ0n) is 9.57. The highest BCUT2D eigenvalue weighted by Gasteiger charge is 2.17. The third-order valence-corrected chi connectivity index (χ3v) is 2.12. The van der Waals surface area contributed by atoms with Gasteiger partial charge in [0.05, 0.1) is 6.61 Å². The molecule has 0 aromatic heterocycles. The molecule has 0 unspecified atom stereocenters. The predicted octanol–water partition coefficient (Wildman–Crippen LogP) is 0.673. The number of likely N-dealkylation sites (N-methyl/N-ethyl adjacent to an activating group) is 1. The van der Waals surface area contributed by atoms with Gasteiger partial charge in [-0.05, 0) is 19.1 Å². The van der Waals surface area contributed by atoms with E-state index in [0.717, 1.165) is 11.0 Å². The van der Waals surface area contributed by atoms with Crippen LogP contribution in [0.2, 0.25) is 0 Å². The molecule has 0 heterocycles. The average molecular weight is 240 g/mol. The van der Waals surface area contributed by atoms with E-state index in [4.69, 9.17) is 10.5 Å². The number of nitrogens with zero attached hydrogens (tertiary/aromatic N) is 1. The van der Waals surface area contributed by atoms with E-state index >= 15 is 0 Å². The van der Waals surface area contributed by atoms with Gasteiger partial charge in [-0.2, -0.15) is 0 Å². The van der Waals surface area contributed by atoms with Crippen LogP contribution in [-0.4, -0.2) is 25.5 Å². The molecule has 0 aliphatic rings. The Bertz CT molecular complexity index is 448. The number of anilines is 1. The Morgan fingerprint density at radius 1 is 1.47 bits per heavy atom. The summed E-state index contributed by atoms with van der Waals surface area (Å²) >= 11 is 0. The molecule has 2 amide bonds. The number of amides is 2. The Hall–Kier alpha value is -2.11. The number of halogens is 1. The summed E-state index contributed by atoms with van der Waals surface area (Å²) in [6.07, 6.45) is 0. The lowest BCUT2D eigenvalue weighted by Crippen LogP contribution is -2.37. The van der Waals surface area contributed by atoms with Gasteiger partial charge in [0, 0.05) is 18.8 Å². The second-order valence-corrected chi connectivity index (χ2v) is 3.28. The number of carbonyl (C=O) groups is 2. The van der Waals surface area contributed by atoms with Crippen molar-refractivity contribution < 1.29 is 18.7 Å². The topological polar surface area (TPSA) is 72.6 Å². The molecular formula is C11H13FN2O3. The minimum atomic E-state index is -1.10. The van der Waals surface area contributed by atoms with Crippen LogP contribution in [0.1, 0.15) is 6.92 Å². The van der Waals surface area contributed by atoms with Crippen LogP contribution in [0.25, 0.3) is 0 Å². The number of ether oxygens (including phenoxy) is 1. The maximum absolute atomic E-state index is 13.5. The first-order chi connectivity index (χ1) is 7.97. The largest absolute Gasteiger partial charge is 0.491 e. The molecule has 1 aromatic rings. The Balaban J connectivity index is 2.97.